The maximum atomic E-state index is 10.8. The highest BCUT2D eigenvalue weighted by Crippen LogP contribution is 2.19. The molecule has 1 saturated heterocycles. The van der Waals surface area contributed by atoms with Crippen molar-refractivity contribution >= 4 is 23.6 Å². The highest BCUT2D eigenvalue weighted by Gasteiger charge is 2.21. The molecule has 0 bridgehead atoms. The van der Waals surface area contributed by atoms with Crippen LogP contribution in [0.3, 0.4) is 0 Å². The molecule has 9 heteroatoms. The van der Waals surface area contributed by atoms with Crippen molar-refractivity contribution < 1.29 is 9.82 Å². The van der Waals surface area contributed by atoms with Gasteiger partial charge in [-0.05, 0) is 30.8 Å². The summed E-state index contributed by atoms with van der Waals surface area (Å²) in [5.74, 6) is 0. The topological polar surface area (TPSA) is 73.6 Å². The first-order valence-electron chi connectivity index (χ1n) is 9.53. The van der Waals surface area contributed by atoms with E-state index in [2.05, 4.69) is 21.5 Å². The lowest BCUT2D eigenvalue weighted by molar-refractivity contribution is -0.924. The summed E-state index contributed by atoms with van der Waals surface area (Å²) in [5, 5.41) is 15.2. The number of unbranched alkanes of at least 4 members (excludes halogenated alkanes) is 2. The van der Waals surface area contributed by atoms with Crippen LogP contribution in [-0.4, -0.2) is 45.4 Å². The number of non-ortho nitro benzene ring substituents is 1. The SMILES string of the molecule is CCCCCn1cnn(C[NH+]2CCN(c3ccc([N+](=O)[O-])cc3)CC2)c1=S. The van der Waals surface area contributed by atoms with E-state index in [1.165, 1.54) is 17.7 Å². The van der Waals surface area contributed by atoms with E-state index in [1.54, 1.807) is 12.1 Å². The minimum Gasteiger partial charge on any atom is -0.360 e. The van der Waals surface area contributed by atoms with E-state index in [1.807, 2.05) is 23.1 Å². The summed E-state index contributed by atoms with van der Waals surface area (Å²) in [5.41, 5.74) is 1.17. The molecule has 0 saturated carbocycles. The van der Waals surface area contributed by atoms with Gasteiger partial charge in [-0.15, -0.1) is 0 Å². The molecule has 0 atom stereocenters. The molecule has 0 aliphatic carbocycles. The molecule has 1 fully saturated rings. The van der Waals surface area contributed by atoms with Gasteiger partial charge in [0.15, 0.2) is 6.67 Å². The minimum atomic E-state index is -0.364. The number of hydrogen-bond donors (Lipinski definition) is 1. The van der Waals surface area contributed by atoms with E-state index in [-0.39, 0.29) is 10.6 Å². The highest BCUT2D eigenvalue weighted by atomic mass is 32.1. The fourth-order valence-corrected chi connectivity index (χ4v) is 3.65. The summed E-state index contributed by atoms with van der Waals surface area (Å²) < 4.78 is 4.80. The van der Waals surface area contributed by atoms with Crippen LogP contribution in [0.15, 0.2) is 30.6 Å². The molecule has 146 valence electrons. The number of rotatable bonds is 8. The molecule has 1 aliphatic rings. The number of nitrogens with one attached hydrogen (secondary N) is 1. The van der Waals surface area contributed by atoms with Gasteiger partial charge in [0.2, 0.25) is 4.77 Å². The molecular formula is C18H27N6O2S+. The van der Waals surface area contributed by atoms with Gasteiger partial charge in [-0.3, -0.25) is 10.1 Å². The van der Waals surface area contributed by atoms with E-state index >= 15 is 0 Å². The normalized spacial score (nSPS) is 15.2. The Morgan fingerprint density at radius 1 is 1.22 bits per heavy atom. The standard InChI is InChI=1S/C18H26N6O2S/c1-2-3-4-9-22-14-19-23(18(22)27)15-20-10-12-21(13-11-20)16-5-7-17(8-6-16)24(25)26/h5-8,14H,2-4,9-13,15H2,1H3/p+1. The van der Waals surface area contributed by atoms with E-state index in [0.29, 0.717) is 0 Å². The quantitative estimate of drug-likeness (QED) is 0.322. The number of aromatic nitrogens is 3. The highest BCUT2D eigenvalue weighted by molar-refractivity contribution is 7.71. The fourth-order valence-electron chi connectivity index (χ4n) is 3.40. The van der Waals surface area contributed by atoms with E-state index in [0.717, 1.165) is 56.3 Å². The number of nitrogens with zero attached hydrogens (tertiary/aromatic N) is 5. The number of nitro groups is 1. The van der Waals surface area contributed by atoms with Crippen LogP contribution in [0.4, 0.5) is 11.4 Å². The van der Waals surface area contributed by atoms with E-state index in [4.69, 9.17) is 12.2 Å². The molecule has 0 unspecified atom stereocenters. The lowest BCUT2D eigenvalue weighted by Gasteiger charge is -2.33. The Kier molecular flexibility index (Phi) is 6.57. The van der Waals surface area contributed by atoms with Gasteiger partial charge in [0.1, 0.15) is 6.33 Å². The van der Waals surface area contributed by atoms with Crippen molar-refractivity contribution in [2.24, 2.45) is 0 Å². The predicted octanol–water partition coefficient (Wildman–Crippen LogP) is 1.88. The summed E-state index contributed by atoms with van der Waals surface area (Å²) in [7, 11) is 0. The number of nitro benzene ring substituents is 1. The van der Waals surface area contributed by atoms with E-state index < -0.39 is 0 Å². The summed E-state index contributed by atoms with van der Waals surface area (Å²) in [6, 6.07) is 6.80. The molecule has 2 aromatic rings. The second-order valence-electron chi connectivity index (χ2n) is 6.98. The zero-order valence-corrected chi connectivity index (χ0v) is 16.5. The third kappa shape index (κ3) is 4.92. The van der Waals surface area contributed by atoms with Gasteiger partial charge in [-0.2, -0.15) is 9.78 Å². The number of anilines is 1. The molecule has 8 nitrogen and oxygen atoms in total. The molecule has 2 heterocycles. The summed E-state index contributed by atoms with van der Waals surface area (Å²) >= 11 is 5.56. The Balaban J connectivity index is 1.52. The lowest BCUT2D eigenvalue weighted by Crippen LogP contribution is -3.14. The number of benzene rings is 1. The predicted molar refractivity (Wildman–Crippen MR) is 107 cm³/mol. The monoisotopic (exact) mass is 391 g/mol. The van der Waals surface area contributed by atoms with Crippen LogP contribution in [0, 0.1) is 14.9 Å². The van der Waals surface area contributed by atoms with Crippen LogP contribution in [0.1, 0.15) is 26.2 Å². The van der Waals surface area contributed by atoms with Crippen molar-refractivity contribution in [3.05, 3.63) is 45.5 Å². The van der Waals surface area contributed by atoms with Gasteiger partial charge in [0, 0.05) is 24.4 Å². The van der Waals surface area contributed by atoms with Crippen molar-refractivity contribution in [3.8, 4) is 0 Å². The van der Waals surface area contributed by atoms with Crippen LogP contribution in [-0.2, 0) is 13.2 Å². The molecule has 1 aromatic carbocycles. The maximum Gasteiger partial charge on any atom is 0.269 e. The van der Waals surface area contributed by atoms with Gasteiger partial charge in [-0.1, -0.05) is 19.8 Å². The van der Waals surface area contributed by atoms with Crippen LogP contribution < -0.4 is 9.80 Å². The number of quaternary nitrogens is 1. The first kappa shape index (κ1) is 19.5. The van der Waals surface area contributed by atoms with Gasteiger partial charge in [-0.25, -0.2) is 0 Å². The molecule has 3 rings (SSSR count). The van der Waals surface area contributed by atoms with Crippen LogP contribution in [0.5, 0.6) is 0 Å². The second kappa shape index (κ2) is 9.09. The van der Waals surface area contributed by atoms with Crippen molar-refractivity contribution in [3.63, 3.8) is 0 Å². The van der Waals surface area contributed by atoms with E-state index in [9.17, 15) is 10.1 Å². The molecule has 0 radical (unpaired) electrons. The Morgan fingerprint density at radius 3 is 2.56 bits per heavy atom. The third-order valence-electron chi connectivity index (χ3n) is 5.07. The van der Waals surface area contributed by atoms with Gasteiger partial charge < -0.3 is 14.4 Å². The Hall–Kier alpha value is -2.26. The summed E-state index contributed by atoms with van der Waals surface area (Å²) in [4.78, 5) is 14.1. The molecule has 1 N–H and O–H groups in total. The lowest BCUT2D eigenvalue weighted by atomic mass is 10.2. The zero-order valence-electron chi connectivity index (χ0n) is 15.7. The summed E-state index contributed by atoms with van der Waals surface area (Å²) in [6.07, 6.45) is 5.40. The molecule has 0 spiro atoms. The fraction of sp³-hybridized carbons (Fsp3) is 0.556. The van der Waals surface area contributed by atoms with Crippen LogP contribution in [0.25, 0.3) is 0 Å². The molecular weight excluding hydrogens is 364 g/mol. The Morgan fingerprint density at radius 2 is 1.93 bits per heavy atom. The van der Waals surface area contributed by atoms with Crippen molar-refractivity contribution in [2.75, 3.05) is 31.1 Å². The van der Waals surface area contributed by atoms with Gasteiger partial charge >= 0.3 is 0 Å². The zero-order chi connectivity index (χ0) is 19.2. The first-order chi connectivity index (χ1) is 13.1. The minimum absolute atomic E-state index is 0.131. The molecule has 0 amide bonds. The van der Waals surface area contributed by atoms with Crippen LogP contribution >= 0.6 is 12.2 Å². The Bertz CT molecular complexity index is 808. The Labute approximate surface area is 164 Å². The number of hydrogen-bond acceptors (Lipinski definition) is 5. The molecule has 1 aliphatic heterocycles. The average Bonchev–Trinajstić information content (AvgIpc) is 3.02. The summed E-state index contributed by atoms with van der Waals surface area (Å²) in [6.45, 7) is 7.73. The van der Waals surface area contributed by atoms with Gasteiger partial charge in [0.05, 0.1) is 31.1 Å². The largest absolute Gasteiger partial charge is 0.360 e. The number of aryl methyl sites for hydroxylation is 1. The number of piperazine rings is 1. The first-order valence-corrected chi connectivity index (χ1v) is 9.94. The average molecular weight is 392 g/mol. The molecule has 1 aromatic heterocycles. The smallest absolute Gasteiger partial charge is 0.269 e. The van der Waals surface area contributed by atoms with Crippen LogP contribution in [0.2, 0.25) is 0 Å². The maximum absolute atomic E-state index is 10.8. The van der Waals surface area contributed by atoms with Crippen molar-refractivity contribution in [1.29, 1.82) is 0 Å². The second-order valence-corrected chi connectivity index (χ2v) is 7.35. The third-order valence-corrected chi connectivity index (χ3v) is 5.51. The molecule has 27 heavy (non-hydrogen) atoms. The van der Waals surface area contributed by atoms with Gasteiger partial charge in [0.25, 0.3) is 5.69 Å². The van der Waals surface area contributed by atoms with Crippen molar-refractivity contribution in [2.45, 2.75) is 39.4 Å². The van der Waals surface area contributed by atoms with Crippen molar-refractivity contribution in [1.82, 2.24) is 14.3 Å².